The highest BCUT2D eigenvalue weighted by molar-refractivity contribution is 9.10. The molecule has 2 aromatic rings. The van der Waals surface area contributed by atoms with Gasteiger partial charge >= 0.3 is 0 Å². The van der Waals surface area contributed by atoms with Gasteiger partial charge in [-0.2, -0.15) is 0 Å². The number of rotatable bonds is 4. The Balaban J connectivity index is 1.79. The van der Waals surface area contributed by atoms with Gasteiger partial charge in [0.15, 0.2) is 0 Å². The molecule has 1 heterocycles. The van der Waals surface area contributed by atoms with Crippen LogP contribution in [0.1, 0.15) is 26.5 Å². The Hall–Kier alpha value is -2.61. The molecule has 0 aliphatic rings. The van der Waals surface area contributed by atoms with Crippen LogP contribution in [-0.4, -0.2) is 24.3 Å². The first-order valence-corrected chi connectivity index (χ1v) is 7.44. The predicted octanol–water partition coefficient (Wildman–Crippen LogP) is 1.54. The van der Waals surface area contributed by atoms with E-state index in [1.54, 1.807) is 31.2 Å². The van der Waals surface area contributed by atoms with Crippen molar-refractivity contribution in [1.82, 2.24) is 16.2 Å². The summed E-state index contributed by atoms with van der Waals surface area (Å²) in [4.78, 5) is 35.3. The highest BCUT2D eigenvalue weighted by atomic mass is 79.9. The average molecular weight is 380 g/mol. The normalized spacial score (nSPS) is 10.0. The number of furan rings is 1. The van der Waals surface area contributed by atoms with Crippen molar-refractivity contribution in [1.29, 1.82) is 0 Å². The van der Waals surface area contributed by atoms with Crippen LogP contribution in [0.25, 0.3) is 0 Å². The molecule has 1 aromatic heterocycles. The Kier molecular flexibility index (Phi) is 5.53. The van der Waals surface area contributed by atoms with Crippen molar-refractivity contribution in [3.8, 4) is 0 Å². The van der Waals surface area contributed by atoms with Crippen molar-refractivity contribution in [2.24, 2.45) is 0 Å². The number of amides is 3. The van der Waals surface area contributed by atoms with Crippen LogP contribution in [0, 0.1) is 6.92 Å². The second-order valence-corrected chi connectivity index (χ2v) is 5.41. The van der Waals surface area contributed by atoms with Gasteiger partial charge in [0.2, 0.25) is 0 Å². The minimum atomic E-state index is -0.556. The topological polar surface area (TPSA) is 100 Å². The van der Waals surface area contributed by atoms with E-state index in [4.69, 9.17) is 4.42 Å². The number of hydrogen-bond acceptors (Lipinski definition) is 4. The van der Waals surface area contributed by atoms with Crippen LogP contribution in [0.5, 0.6) is 0 Å². The average Bonchev–Trinajstić information content (AvgIpc) is 2.97. The maximum atomic E-state index is 11.9. The lowest BCUT2D eigenvalue weighted by Gasteiger charge is -2.08. The van der Waals surface area contributed by atoms with E-state index in [0.29, 0.717) is 21.4 Å². The standard InChI is InChI=1S/C15H14BrN3O4/c1-9-10(6-7-23-9)15(22)19-18-13(20)8-17-14(21)11-4-2-3-5-12(11)16/h2-7H,8H2,1H3,(H,17,21)(H,18,20)(H,19,22). The van der Waals surface area contributed by atoms with Crippen molar-refractivity contribution >= 4 is 33.7 Å². The van der Waals surface area contributed by atoms with E-state index in [-0.39, 0.29) is 6.54 Å². The number of aryl methyl sites for hydroxylation is 1. The van der Waals surface area contributed by atoms with Crippen LogP contribution in [-0.2, 0) is 4.79 Å². The van der Waals surface area contributed by atoms with Gasteiger partial charge in [-0.15, -0.1) is 0 Å². The lowest BCUT2D eigenvalue weighted by atomic mass is 10.2. The zero-order valence-electron chi connectivity index (χ0n) is 12.2. The number of nitrogens with one attached hydrogen (secondary N) is 3. The molecular weight excluding hydrogens is 366 g/mol. The molecular formula is C15H14BrN3O4. The highest BCUT2D eigenvalue weighted by Crippen LogP contribution is 2.15. The predicted molar refractivity (Wildman–Crippen MR) is 85.5 cm³/mol. The van der Waals surface area contributed by atoms with Crippen LogP contribution in [0.2, 0.25) is 0 Å². The smallest absolute Gasteiger partial charge is 0.273 e. The molecule has 8 heteroatoms. The van der Waals surface area contributed by atoms with Crippen LogP contribution in [0.3, 0.4) is 0 Å². The number of halogens is 1. The first-order chi connectivity index (χ1) is 11.0. The first-order valence-electron chi connectivity index (χ1n) is 6.65. The minimum absolute atomic E-state index is 0.273. The van der Waals surface area contributed by atoms with Crippen molar-refractivity contribution in [3.63, 3.8) is 0 Å². The Labute approximate surface area is 140 Å². The third kappa shape index (κ3) is 4.43. The molecule has 0 bridgehead atoms. The van der Waals surface area contributed by atoms with E-state index >= 15 is 0 Å². The molecule has 2 rings (SSSR count). The highest BCUT2D eigenvalue weighted by Gasteiger charge is 2.13. The van der Waals surface area contributed by atoms with Crippen LogP contribution < -0.4 is 16.2 Å². The molecule has 0 fully saturated rings. The van der Waals surface area contributed by atoms with Gasteiger partial charge in [0.1, 0.15) is 5.76 Å². The van der Waals surface area contributed by atoms with E-state index in [1.165, 1.54) is 12.3 Å². The Bertz CT molecular complexity index is 742. The molecule has 3 amide bonds. The van der Waals surface area contributed by atoms with Crippen molar-refractivity contribution < 1.29 is 18.8 Å². The molecule has 0 aliphatic heterocycles. The number of carbonyl (C=O) groups excluding carboxylic acids is 3. The fourth-order valence-corrected chi connectivity index (χ4v) is 2.22. The lowest BCUT2D eigenvalue weighted by Crippen LogP contribution is -2.46. The van der Waals surface area contributed by atoms with Crippen molar-refractivity contribution in [2.75, 3.05) is 6.54 Å². The van der Waals surface area contributed by atoms with Crippen molar-refractivity contribution in [2.45, 2.75) is 6.92 Å². The second kappa shape index (κ2) is 7.59. The van der Waals surface area contributed by atoms with Crippen LogP contribution in [0.15, 0.2) is 45.5 Å². The summed E-state index contributed by atoms with van der Waals surface area (Å²) in [6, 6.07) is 8.34. The number of carbonyl (C=O) groups is 3. The van der Waals surface area contributed by atoms with Crippen LogP contribution in [0.4, 0.5) is 0 Å². The fourth-order valence-electron chi connectivity index (χ4n) is 1.76. The van der Waals surface area contributed by atoms with E-state index in [9.17, 15) is 14.4 Å². The molecule has 1 aromatic carbocycles. The summed E-state index contributed by atoms with van der Waals surface area (Å²) >= 11 is 3.26. The summed E-state index contributed by atoms with van der Waals surface area (Å²) in [6.07, 6.45) is 1.38. The quantitative estimate of drug-likeness (QED) is 0.701. The third-order valence-electron chi connectivity index (χ3n) is 2.95. The van der Waals surface area contributed by atoms with E-state index in [2.05, 4.69) is 32.1 Å². The minimum Gasteiger partial charge on any atom is -0.469 e. The summed E-state index contributed by atoms with van der Waals surface area (Å²) in [7, 11) is 0. The van der Waals surface area contributed by atoms with Gasteiger partial charge in [-0.05, 0) is 41.1 Å². The summed E-state index contributed by atoms with van der Waals surface area (Å²) in [5.41, 5.74) is 5.19. The number of benzene rings is 1. The fraction of sp³-hybridized carbons (Fsp3) is 0.133. The van der Waals surface area contributed by atoms with Gasteiger partial charge in [-0.1, -0.05) is 12.1 Å². The molecule has 0 saturated carbocycles. The maximum Gasteiger partial charge on any atom is 0.273 e. The zero-order chi connectivity index (χ0) is 16.8. The molecule has 0 saturated heterocycles. The van der Waals surface area contributed by atoms with E-state index in [0.717, 1.165) is 0 Å². The molecule has 0 atom stereocenters. The second-order valence-electron chi connectivity index (χ2n) is 4.56. The molecule has 0 spiro atoms. The summed E-state index contributed by atoms with van der Waals surface area (Å²) < 4.78 is 5.62. The number of hydrogen-bond donors (Lipinski definition) is 3. The SMILES string of the molecule is Cc1occc1C(=O)NNC(=O)CNC(=O)c1ccccc1Br. The maximum absolute atomic E-state index is 11.9. The molecule has 3 N–H and O–H groups in total. The Morgan fingerprint density at radius 2 is 1.78 bits per heavy atom. The van der Waals surface area contributed by atoms with Gasteiger partial charge in [0.05, 0.1) is 23.9 Å². The van der Waals surface area contributed by atoms with Crippen molar-refractivity contribution in [3.05, 3.63) is 58.0 Å². The molecule has 23 heavy (non-hydrogen) atoms. The van der Waals surface area contributed by atoms with Crippen LogP contribution >= 0.6 is 15.9 Å². The molecule has 120 valence electrons. The van der Waals surface area contributed by atoms with Gasteiger partial charge in [-0.3, -0.25) is 25.2 Å². The summed E-state index contributed by atoms with van der Waals surface area (Å²) in [6.45, 7) is 1.36. The molecule has 0 unspecified atom stereocenters. The van der Waals surface area contributed by atoms with Gasteiger partial charge in [-0.25, -0.2) is 0 Å². The summed E-state index contributed by atoms with van der Waals surface area (Å²) in [5.74, 6) is -1.01. The molecule has 7 nitrogen and oxygen atoms in total. The first kappa shape index (κ1) is 16.8. The van der Waals surface area contributed by atoms with Gasteiger partial charge in [0.25, 0.3) is 17.7 Å². The van der Waals surface area contributed by atoms with Gasteiger partial charge in [0, 0.05) is 4.47 Å². The Morgan fingerprint density at radius 1 is 1.04 bits per heavy atom. The largest absolute Gasteiger partial charge is 0.469 e. The van der Waals surface area contributed by atoms with E-state index in [1.807, 2.05) is 0 Å². The monoisotopic (exact) mass is 379 g/mol. The Morgan fingerprint density at radius 3 is 2.43 bits per heavy atom. The van der Waals surface area contributed by atoms with Gasteiger partial charge < -0.3 is 9.73 Å². The zero-order valence-corrected chi connectivity index (χ0v) is 13.8. The number of hydrazine groups is 1. The molecule has 0 radical (unpaired) electrons. The lowest BCUT2D eigenvalue weighted by molar-refractivity contribution is -0.120. The van der Waals surface area contributed by atoms with E-state index < -0.39 is 17.7 Å². The molecule has 0 aliphatic carbocycles. The summed E-state index contributed by atoms with van der Waals surface area (Å²) in [5, 5.41) is 2.46. The third-order valence-corrected chi connectivity index (χ3v) is 3.64.